The molecule has 4 rings (SSSR count). The highest BCUT2D eigenvalue weighted by atomic mass is 79.9. The normalized spacial score (nSPS) is 11.2. The van der Waals surface area contributed by atoms with Crippen LogP contribution in [0.2, 0.25) is 0 Å². The van der Waals surface area contributed by atoms with E-state index in [9.17, 15) is 0 Å². The molecule has 0 aliphatic carbocycles. The first-order chi connectivity index (χ1) is 14.1. The molecule has 2 aromatic heterocycles. The highest BCUT2D eigenvalue weighted by Crippen LogP contribution is 2.33. The molecule has 4 aromatic rings. The Bertz CT molecular complexity index is 1130. The van der Waals surface area contributed by atoms with Gasteiger partial charge in [0.1, 0.15) is 17.9 Å². The first-order valence-corrected chi connectivity index (χ1v) is 10.7. The Morgan fingerprint density at radius 2 is 1.77 bits per heavy atom. The van der Waals surface area contributed by atoms with Gasteiger partial charge in [-0.2, -0.15) is 0 Å². The molecule has 30 heavy (non-hydrogen) atoms. The summed E-state index contributed by atoms with van der Waals surface area (Å²) >= 11 is 0. The van der Waals surface area contributed by atoms with E-state index in [0.717, 1.165) is 25.3 Å². The Kier molecular flexibility index (Phi) is 7.19. The second kappa shape index (κ2) is 9.65. The molecule has 4 heteroatoms. The number of rotatable bonds is 7. The number of hydrogen-bond donors (Lipinski definition) is 0. The molecule has 0 N–H and O–H groups in total. The highest BCUT2D eigenvalue weighted by molar-refractivity contribution is 6.08. The minimum Gasteiger partial charge on any atom is -1.00 e. The van der Waals surface area contributed by atoms with Gasteiger partial charge in [-0.05, 0) is 24.1 Å². The molecule has 0 atom stereocenters. The van der Waals surface area contributed by atoms with E-state index >= 15 is 0 Å². The third-order valence-electron chi connectivity index (χ3n) is 5.53. The Morgan fingerprint density at radius 3 is 2.47 bits per heavy atom. The van der Waals surface area contributed by atoms with Crippen LogP contribution in [0.3, 0.4) is 0 Å². The number of nitrogens with zero attached hydrogens (tertiary/aromatic N) is 2. The minimum absolute atomic E-state index is 0. The standard InChI is InChI=1S/C26H31N2O.BrH/c1-5-14-28-25-16-22(29-18-21-9-7-6-8-10-21)11-12-23(25)24-13-15-27(17-19(2)3)20(4)26(24)28;/h6-13,15-16,19H,5,14,17-18H2,1-4H3;1H/q+1;/p-1. The molecule has 0 aliphatic rings. The second-order valence-electron chi connectivity index (χ2n) is 8.31. The minimum atomic E-state index is 0. The van der Waals surface area contributed by atoms with Gasteiger partial charge in [0.15, 0.2) is 12.7 Å². The fourth-order valence-corrected chi connectivity index (χ4v) is 4.20. The molecule has 0 spiro atoms. The van der Waals surface area contributed by atoms with Crippen molar-refractivity contribution < 1.29 is 26.3 Å². The average Bonchev–Trinajstić information content (AvgIpc) is 3.03. The van der Waals surface area contributed by atoms with Crippen LogP contribution in [0.1, 0.15) is 38.4 Å². The molecule has 0 saturated carbocycles. The second-order valence-corrected chi connectivity index (χ2v) is 8.31. The summed E-state index contributed by atoms with van der Waals surface area (Å²) in [7, 11) is 0. The number of fused-ring (bicyclic) bond motifs is 3. The first-order valence-electron chi connectivity index (χ1n) is 10.7. The van der Waals surface area contributed by atoms with Crippen molar-refractivity contribution in [3.05, 3.63) is 72.1 Å². The molecular weight excluding hydrogens is 436 g/mol. The lowest BCUT2D eigenvalue weighted by Gasteiger charge is -2.10. The van der Waals surface area contributed by atoms with Gasteiger partial charge in [0.05, 0.1) is 5.52 Å². The predicted molar refractivity (Wildman–Crippen MR) is 120 cm³/mol. The molecule has 3 nitrogen and oxygen atoms in total. The van der Waals surface area contributed by atoms with Crippen molar-refractivity contribution in [2.45, 2.75) is 53.8 Å². The van der Waals surface area contributed by atoms with E-state index in [1.165, 1.54) is 33.1 Å². The fourth-order valence-electron chi connectivity index (χ4n) is 4.20. The van der Waals surface area contributed by atoms with E-state index in [1.54, 1.807) is 0 Å². The molecule has 0 aliphatic heterocycles. The zero-order chi connectivity index (χ0) is 20.4. The zero-order valence-electron chi connectivity index (χ0n) is 18.4. The highest BCUT2D eigenvalue weighted by Gasteiger charge is 2.20. The average molecular weight is 467 g/mol. The van der Waals surface area contributed by atoms with Gasteiger partial charge in [0, 0.05) is 42.3 Å². The Labute approximate surface area is 190 Å². The van der Waals surface area contributed by atoms with Crippen LogP contribution in [0.15, 0.2) is 60.8 Å². The summed E-state index contributed by atoms with van der Waals surface area (Å²) in [6.45, 7) is 11.7. The number of halogens is 1. The van der Waals surface area contributed by atoms with Crippen molar-refractivity contribution >= 4 is 21.8 Å². The van der Waals surface area contributed by atoms with Crippen LogP contribution in [0, 0.1) is 12.8 Å². The lowest BCUT2D eigenvalue weighted by atomic mass is 10.1. The first kappa shape index (κ1) is 22.4. The summed E-state index contributed by atoms with van der Waals surface area (Å²) in [5, 5.41) is 2.64. The van der Waals surface area contributed by atoms with Gasteiger partial charge in [0.2, 0.25) is 5.69 Å². The summed E-state index contributed by atoms with van der Waals surface area (Å²) in [4.78, 5) is 0. The predicted octanol–water partition coefficient (Wildman–Crippen LogP) is 3.04. The summed E-state index contributed by atoms with van der Waals surface area (Å²) in [6.07, 6.45) is 3.35. The Morgan fingerprint density at radius 1 is 1.00 bits per heavy atom. The van der Waals surface area contributed by atoms with Crippen LogP contribution in [0.25, 0.3) is 21.8 Å². The smallest absolute Gasteiger partial charge is 0.202 e. The maximum atomic E-state index is 6.12. The Hall–Kier alpha value is -2.33. The monoisotopic (exact) mass is 466 g/mol. The summed E-state index contributed by atoms with van der Waals surface area (Å²) < 4.78 is 11.0. The van der Waals surface area contributed by atoms with Gasteiger partial charge in [-0.25, -0.2) is 4.57 Å². The van der Waals surface area contributed by atoms with Gasteiger partial charge in [-0.1, -0.05) is 51.1 Å². The van der Waals surface area contributed by atoms with Gasteiger partial charge in [0.25, 0.3) is 0 Å². The lowest BCUT2D eigenvalue weighted by molar-refractivity contribution is -0.706. The zero-order valence-corrected chi connectivity index (χ0v) is 19.9. The summed E-state index contributed by atoms with van der Waals surface area (Å²) in [5.41, 5.74) is 5.14. The number of benzene rings is 2. The van der Waals surface area contributed by atoms with Gasteiger partial charge >= 0.3 is 0 Å². The summed E-state index contributed by atoms with van der Waals surface area (Å²) in [5.74, 6) is 1.55. The lowest BCUT2D eigenvalue weighted by Crippen LogP contribution is -3.00. The van der Waals surface area contributed by atoms with Crippen LogP contribution in [0.4, 0.5) is 0 Å². The molecule has 158 valence electrons. The molecule has 2 heterocycles. The van der Waals surface area contributed by atoms with Crippen molar-refractivity contribution in [3.63, 3.8) is 0 Å². The molecule has 0 unspecified atom stereocenters. The van der Waals surface area contributed by atoms with Crippen LogP contribution in [0.5, 0.6) is 5.75 Å². The molecule has 0 fully saturated rings. The van der Waals surface area contributed by atoms with E-state index in [4.69, 9.17) is 4.74 Å². The number of pyridine rings is 1. The molecule has 0 radical (unpaired) electrons. The number of ether oxygens (including phenoxy) is 1. The Balaban J connectivity index is 0.00000256. The quantitative estimate of drug-likeness (QED) is 0.382. The molecular formula is C26H31BrN2O. The molecule has 0 bridgehead atoms. The van der Waals surface area contributed by atoms with Crippen LogP contribution >= 0.6 is 0 Å². The van der Waals surface area contributed by atoms with E-state index in [0.29, 0.717) is 12.5 Å². The number of hydrogen-bond acceptors (Lipinski definition) is 1. The maximum Gasteiger partial charge on any atom is 0.202 e. The van der Waals surface area contributed by atoms with Crippen molar-refractivity contribution in [3.8, 4) is 5.75 Å². The molecule has 0 saturated heterocycles. The van der Waals surface area contributed by atoms with E-state index in [-0.39, 0.29) is 17.0 Å². The van der Waals surface area contributed by atoms with Crippen LogP contribution in [-0.2, 0) is 19.7 Å². The number of aryl methyl sites for hydroxylation is 2. The number of aromatic nitrogens is 2. The van der Waals surface area contributed by atoms with Crippen LogP contribution in [-0.4, -0.2) is 4.57 Å². The van der Waals surface area contributed by atoms with Gasteiger partial charge in [-0.15, -0.1) is 0 Å². The van der Waals surface area contributed by atoms with Crippen molar-refractivity contribution in [2.75, 3.05) is 0 Å². The molecule has 0 amide bonds. The van der Waals surface area contributed by atoms with Gasteiger partial charge in [-0.3, -0.25) is 0 Å². The van der Waals surface area contributed by atoms with E-state index < -0.39 is 0 Å². The van der Waals surface area contributed by atoms with Crippen molar-refractivity contribution in [2.24, 2.45) is 5.92 Å². The summed E-state index contributed by atoms with van der Waals surface area (Å²) in [6, 6.07) is 19.2. The van der Waals surface area contributed by atoms with Crippen LogP contribution < -0.4 is 26.3 Å². The largest absolute Gasteiger partial charge is 1.00 e. The van der Waals surface area contributed by atoms with E-state index in [1.807, 2.05) is 6.07 Å². The van der Waals surface area contributed by atoms with Crippen molar-refractivity contribution in [1.82, 2.24) is 4.57 Å². The van der Waals surface area contributed by atoms with Crippen molar-refractivity contribution in [1.29, 1.82) is 0 Å². The molecule has 2 aromatic carbocycles. The third kappa shape index (κ3) is 4.39. The maximum absolute atomic E-state index is 6.12. The van der Waals surface area contributed by atoms with E-state index in [2.05, 4.69) is 91.6 Å². The topological polar surface area (TPSA) is 18.0 Å². The fraction of sp³-hybridized carbons (Fsp3) is 0.346. The van der Waals surface area contributed by atoms with Gasteiger partial charge < -0.3 is 26.3 Å². The third-order valence-corrected chi connectivity index (χ3v) is 5.53. The SMILES string of the molecule is CCCn1c2cc(OCc3ccccc3)ccc2c2cc[n+](CC(C)C)c(C)c21.[Br-].